The highest BCUT2D eigenvalue weighted by molar-refractivity contribution is 5.66. The molecule has 0 unspecified atom stereocenters. The first kappa shape index (κ1) is 12.0. The van der Waals surface area contributed by atoms with Crippen LogP contribution in [0.4, 0.5) is 4.79 Å². The molecule has 0 fully saturated rings. The summed E-state index contributed by atoms with van der Waals surface area (Å²) < 4.78 is 0. The molecule has 0 aliphatic rings. The van der Waals surface area contributed by atoms with Crippen LogP contribution in [0.25, 0.3) is 0 Å². The number of allylic oxidation sites excluding steroid dienone is 2. The number of hydrogen-bond donors (Lipinski definition) is 2. The molecule has 3 nitrogen and oxygen atoms in total. The van der Waals surface area contributed by atoms with Crippen LogP contribution in [0.3, 0.4) is 0 Å². The number of carboxylic acid groups (broad SMARTS) is 1. The van der Waals surface area contributed by atoms with Crippen molar-refractivity contribution < 1.29 is 9.90 Å². The molecule has 0 aromatic carbocycles. The van der Waals surface area contributed by atoms with Crippen LogP contribution < -0.4 is 5.32 Å². The van der Waals surface area contributed by atoms with Gasteiger partial charge in [-0.15, -0.1) is 0 Å². The molecule has 0 aliphatic heterocycles. The molecule has 0 atom stereocenters. The Morgan fingerprint density at radius 3 is 2.54 bits per heavy atom. The second kappa shape index (κ2) is 7.65. The fourth-order valence-electron chi connectivity index (χ4n) is 1.16. The van der Waals surface area contributed by atoms with Gasteiger partial charge in [-0.25, -0.2) is 4.79 Å². The highest BCUT2D eigenvalue weighted by Crippen LogP contribution is 2.06. The zero-order chi connectivity index (χ0) is 10.1. The molecular weight excluding hydrogens is 166 g/mol. The van der Waals surface area contributed by atoms with Gasteiger partial charge in [0.15, 0.2) is 0 Å². The molecule has 0 aliphatic carbocycles. The van der Waals surface area contributed by atoms with Crippen LogP contribution in [-0.4, -0.2) is 11.2 Å². The summed E-state index contributed by atoms with van der Waals surface area (Å²) in [4.78, 5) is 10.4. The van der Waals surface area contributed by atoms with E-state index in [9.17, 15) is 4.79 Å². The maximum atomic E-state index is 10.4. The van der Waals surface area contributed by atoms with Gasteiger partial charge in [0, 0.05) is 5.70 Å². The number of hydrogen-bond acceptors (Lipinski definition) is 1. The van der Waals surface area contributed by atoms with Gasteiger partial charge in [0.1, 0.15) is 0 Å². The molecule has 0 rings (SSSR count). The van der Waals surface area contributed by atoms with Crippen molar-refractivity contribution in [1.82, 2.24) is 5.32 Å². The van der Waals surface area contributed by atoms with Crippen LogP contribution in [-0.2, 0) is 0 Å². The first-order valence-electron chi connectivity index (χ1n) is 4.89. The SMILES string of the molecule is CC/C=C(/CCCCC)NC(=O)O. The largest absolute Gasteiger partial charge is 0.465 e. The third-order valence-electron chi connectivity index (χ3n) is 1.77. The Kier molecular flexibility index (Phi) is 7.07. The fourth-order valence-corrected chi connectivity index (χ4v) is 1.16. The number of nitrogens with one attached hydrogen (secondary N) is 1. The van der Waals surface area contributed by atoms with Crippen molar-refractivity contribution in [3.63, 3.8) is 0 Å². The summed E-state index contributed by atoms with van der Waals surface area (Å²) in [5.74, 6) is 0. The highest BCUT2D eigenvalue weighted by Gasteiger charge is 2.00. The second-order valence-corrected chi connectivity index (χ2v) is 3.02. The first-order chi connectivity index (χ1) is 6.20. The smallest absolute Gasteiger partial charge is 0.408 e. The number of rotatable bonds is 6. The predicted octanol–water partition coefficient (Wildman–Crippen LogP) is 3.13. The van der Waals surface area contributed by atoms with Crippen molar-refractivity contribution in [3.05, 3.63) is 11.8 Å². The minimum absolute atomic E-state index is 0.837. The van der Waals surface area contributed by atoms with Gasteiger partial charge < -0.3 is 5.11 Å². The number of amides is 1. The van der Waals surface area contributed by atoms with Crippen molar-refractivity contribution in [2.24, 2.45) is 0 Å². The summed E-state index contributed by atoms with van der Waals surface area (Å²) >= 11 is 0. The normalized spacial score (nSPS) is 11.4. The van der Waals surface area contributed by atoms with Crippen LogP contribution in [0.5, 0.6) is 0 Å². The van der Waals surface area contributed by atoms with Crippen molar-refractivity contribution in [2.75, 3.05) is 0 Å². The molecule has 0 aromatic heterocycles. The summed E-state index contributed by atoms with van der Waals surface area (Å²) in [6.45, 7) is 4.14. The molecular formula is C10H19NO2. The molecule has 0 spiro atoms. The molecule has 0 saturated carbocycles. The van der Waals surface area contributed by atoms with Gasteiger partial charge in [-0.1, -0.05) is 32.8 Å². The molecule has 1 amide bonds. The summed E-state index contributed by atoms with van der Waals surface area (Å²) in [5, 5.41) is 10.9. The van der Waals surface area contributed by atoms with E-state index in [0.717, 1.165) is 37.8 Å². The van der Waals surface area contributed by atoms with Crippen molar-refractivity contribution in [1.29, 1.82) is 0 Å². The number of carbonyl (C=O) groups is 1. The van der Waals surface area contributed by atoms with Crippen LogP contribution in [0, 0.1) is 0 Å². The van der Waals surface area contributed by atoms with Gasteiger partial charge in [-0.05, 0) is 19.3 Å². The second-order valence-electron chi connectivity index (χ2n) is 3.02. The molecule has 0 bridgehead atoms. The van der Waals surface area contributed by atoms with Crippen LogP contribution >= 0.6 is 0 Å². The lowest BCUT2D eigenvalue weighted by molar-refractivity contribution is 0.197. The van der Waals surface area contributed by atoms with Gasteiger partial charge >= 0.3 is 6.09 Å². The van der Waals surface area contributed by atoms with Gasteiger partial charge in [0.05, 0.1) is 0 Å². The first-order valence-corrected chi connectivity index (χ1v) is 4.89. The maximum Gasteiger partial charge on any atom is 0.408 e. The van der Waals surface area contributed by atoms with Gasteiger partial charge in [0.25, 0.3) is 0 Å². The van der Waals surface area contributed by atoms with Gasteiger partial charge in [0.2, 0.25) is 0 Å². The topological polar surface area (TPSA) is 49.3 Å². The van der Waals surface area contributed by atoms with Crippen LogP contribution in [0.15, 0.2) is 11.8 Å². The van der Waals surface area contributed by atoms with Gasteiger partial charge in [-0.3, -0.25) is 5.32 Å². The van der Waals surface area contributed by atoms with E-state index in [-0.39, 0.29) is 0 Å². The van der Waals surface area contributed by atoms with Crippen molar-refractivity contribution >= 4 is 6.09 Å². The Hall–Kier alpha value is -0.990. The lowest BCUT2D eigenvalue weighted by Crippen LogP contribution is -2.20. The van der Waals surface area contributed by atoms with E-state index in [0.29, 0.717) is 0 Å². The minimum atomic E-state index is -0.962. The molecule has 3 heteroatoms. The van der Waals surface area contributed by atoms with E-state index in [1.54, 1.807) is 0 Å². The van der Waals surface area contributed by atoms with Crippen LogP contribution in [0.2, 0.25) is 0 Å². The van der Waals surface area contributed by atoms with Crippen LogP contribution in [0.1, 0.15) is 46.0 Å². The van der Waals surface area contributed by atoms with E-state index in [1.165, 1.54) is 0 Å². The average Bonchev–Trinajstić information content (AvgIpc) is 2.04. The van der Waals surface area contributed by atoms with E-state index in [4.69, 9.17) is 5.11 Å². The zero-order valence-electron chi connectivity index (χ0n) is 8.47. The zero-order valence-corrected chi connectivity index (χ0v) is 8.47. The monoisotopic (exact) mass is 185 g/mol. The molecule has 0 heterocycles. The fraction of sp³-hybridized carbons (Fsp3) is 0.700. The third kappa shape index (κ3) is 7.37. The van der Waals surface area contributed by atoms with E-state index in [1.807, 2.05) is 13.0 Å². The van der Waals surface area contributed by atoms with E-state index >= 15 is 0 Å². The quantitative estimate of drug-likeness (QED) is 0.624. The Bertz CT molecular complexity index is 176. The molecule has 76 valence electrons. The minimum Gasteiger partial charge on any atom is -0.465 e. The Morgan fingerprint density at radius 2 is 2.08 bits per heavy atom. The predicted molar refractivity (Wildman–Crippen MR) is 53.7 cm³/mol. The van der Waals surface area contributed by atoms with E-state index in [2.05, 4.69) is 12.2 Å². The molecule has 13 heavy (non-hydrogen) atoms. The lowest BCUT2D eigenvalue weighted by atomic mass is 10.1. The molecule has 0 aromatic rings. The average molecular weight is 185 g/mol. The van der Waals surface area contributed by atoms with Crippen molar-refractivity contribution in [2.45, 2.75) is 46.0 Å². The summed E-state index contributed by atoms with van der Waals surface area (Å²) in [5.41, 5.74) is 0.837. The standard InChI is InChI=1S/C10H19NO2/c1-3-5-6-8-9(7-4-2)11-10(12)13/h7,11H,3-6,8H2,1-2H3,(H,12,13)/b9-7-. The third-order valence-corrected chi connectivity index (χ3v) is 1.77. The summed E-state index contributed by atoms with van der Waals surface area (Å²) in [6, 6.07) is 0. The van der Waals surface area contributed by atoms with Crippen molar-refractivity contribution in [3.8, 4) is 0 Å². The Labute approximate surface area is 79.8 Å². The summed E-state index contributed by atoms with van der Waals surface area (Å²) in [6.07, 6.45) is 6.06. The summed E-state index contributed by atoms with van der Waals surface area (Å²) in [7, 11) is 0. The Morgan fingerprint density at radius 1 is 1.38 bits per heavy atom. The molecule has 0 saturated heterocycles. The molecule has 2 N–H and O–H groups in total. The maximum absolute atomic E-state index is 10.4. The number of unbranched alkanes of at least 4 members (excludes halogenated alkanes) is 2. The highest BCUT2D eigenvalue weighted by atomic mass is 16.4. The van der Waals surface area contributed by atoms with Gasteiger partial charge in [-0.2, -0.15) is 0 Å². The van der Waals surface area contributed by atoms with E-state index < -0.39 is 6.09 Å². The lowest BCUT2D eigenvalue weighted by Gasteiger charge is -2.05. The molecule has 0 radical (unpaired) electrons. The Balaban J connectivity index is 3.81.